The number of hydrogen-bond donors (Lipinski definition) is 0. The van der Waals surface area contributed by atoms with Crippen LogP contribution in [0.3, 0.4) is 0 Å². The smallest absolute Gasteiger partial charge is 0.189 e. The molecular formula is C12H18N4O4S2. The van der Waals surface area contributed by atoms with Crippen LogP contribution in [0, 0.1) is 0 Å². The fraction of sp³-hybridized carbons (Fsp3) is 0.333. The van der Waals surface area contributed by atoms with E-state index in [1.165, 1.54) is 40.6 Å². The number of hydrogen-bond acceptors (Lipinski definition) is 4. The second kappa shape index (κ2) is 7.09. The Labute approximate surface area is 131 Å². The van der Waals surface area contributed by atoms with Crippen molar-refractivity contribution in [3.8, 4) is 0 Å². The number of benzene rings is 1. The Balaban J connectivity index is 3.02. The van der Waals surface area contributed by atoms with Gasteiger partial charge in [0.1, 0.15) is 0 Å². The SMILES string of the molecule is CN(C)S(=O)(=O)/N=C/c1cccc(/C=N/S(=O)(=O)N(C)C)c1. The molecule has 0 atom stereocenters. The van der Waals surface area contributed by atoms with Crippen LogP contribution in [-0.4, -0.2) is 66.1 Å². The topological polar surface area (TPSA) is 99.5 Å². The van der Waals surface area contributed by atoms with Crippen molar-refractivity contribution in [2.24, 2.45) is 8.80 Å². The molecule has 1 aromatic rings. The fourth-order valence-corrected chi connectivity index (χ4v) is 2.05. The van der Waals surface area contributed by atoms with Crippen LogP contribution in [-0.2, 0) is 20.4 Å². The lowest BCUT2D eigenvalue weighted by Crippen LogP contribution is -2.19. The average Bonchev–Trinajstić information content (AvgIpc) is 2.43. The van der Waals surface area contributed by atoms with E-state index in [0.717, 1.165) is 8.61 Å². The van der Waals surface area contributed by atoms with Crippen molar-refractivity contribution in [1.29, 1.82) is 0 Å². The van der Waals surface area contributed by atoms with Crippen molar-refractivity contribution in [3.63, 3.8) is 0 Å². The molecule has 122 valence electrons. The van der Waals surface area contributed by atoms with Gasteiger partial charge in [0.15, 0.2) is 0 Å². The standard InChI is InChI=1S/C12H18N4O4S2/c1-15(2)21(17,18)13-9-11-6-5-7-12(8-11)10-14-22(19,20)16(3)4/h5-10H,1-4H3/b13-9+,14-10+. The van der Waals surface area contributed by atoms with Crippen LogP contribution in [0.1, 0.15) is 11.1 Å². The second-order valence-corrected chi connectivity index (χ2v) is 8.33. The first-order chi connectivity index (χ1) is 10.0. The van der Waals surface area contributed by atoms with E-state index in [2.05, 4.69) is 8.80 Å². The van der Waals surface area contributed by atoms with Gasteiger partial charge < -0.3 is 0 Å². The highest BCUT2D eigenvalue weighted by molar-refractivity contribution is 7.88. The van der Waals surface area contributed by atoms with E-state index in [0.29, 0.717) is 11.1 Å². The molecule has 0 radical (unpaired) electrons. The molecule has 0 aliphatic heterocycles. The average molecular weight is 346 g/mol. The van der Waals surface area contributed by atoms with E-state index in [4.69, 9.17) is 0 Å². The Morgan fingerprint density at radius 3 is 1.50 bits per heavy atom. The molecule has 0 unspecified atom stereocenters. The maximum absolute atomic E-state index is 11.5. The highest BCUT2D eigenvalue weighted by Crippen LogP contribution is 2.04. The quantitative estimate of drug-likeness (QED) is 0.684. The molecule has 0 amide bonds. The lowest BCUT2D eigenvalue weighted by atomic mass is 10.1. The van der Waals surface area contributed by atoms with Crippen molar-refractivity contribution in [3.05, 3.63) is 35.4 Å². The van der Waals surface area contributed by atoms with E-state index in [1.54, 1.807) is 24.3 Å². The summed E-state index contributed by atoms with van der Waals surface area (Å²) in [6, 6.07) is 6.51. The summed E-state index contributed by atoms with van der Waals surface area (Å²) in [7, 11) is -1.87. The molecule has 0 saturated carbocycles. The van der Waals surface area contributed by atoms with E-state index in [9.17, 15) is 16.8 Å². The molecule has 1 aromatic carbocycles. The maximum Gasteiger partial charge on any atom is 0.321 e. The molecule has 0 saturated heterocycles. The molecule has 10 heteroatoms. The third kappa shape index (κ3) is 5.30. The maximum atomic E-state index is 11.5. The van der Waals surface area contributed by atoms with Gasteiger partial charge >= 0.3 is 20.4 Å². The Bertz CT molecular complexity index is 718. The molecule has 0 heterocycles. The van der Waals surface area contributed by atoms with E-state index in [1.807, 2.05) is 0 Å². The van der Waals surface area contributed by atoms with Crippen molar-refractivity contribution in [1.82, 2.24) is 8.61 Å². The second-order valence-electron chi connectivity index (χ2n) is 4.66. The normalized spacial score (nSPS) is 13.7. The Morgan fingerprint density at radius 2 is 1.18 bits per heavy atom. The van der Waals surface area contributed by atoms with Gasteiger partial charge in [0.2, 0.25) is 0 Å². The van der Waals surface area contributed by atoms with Crippen LogP contribution in [0.4, 0.5) is 0 Å². The highest BCUT2D eigenvalue weighted by Gasteiger charge is 2.10. The molecule has 0 spiro atoms. The first-order valence-electron chi connectivity index (χ1n) is 6.10. The van der Waals surface area contributed by atoms with E-state index < -0.39 is 20.4 Å². The van der Waals surface area contributed by atoms with Gasteiger partial charge in [-0.25, -0.2) is 0 Å². The zero-order chi connectivity index (χ0) is 17.0. The number of nitrogens with zero attached hydrogens (tertiary/aromatic N) is 4. The molecule has 0 aromatic heterocycles. The van der Waals surface area contributed by atoms with Crippen LogP contribution < -0.4 is 0 Å². The summed E-state index contributed by atoms with van der Waals surface area (Å²) in [5.41, 5.74) is 1.02. The Hall–Kier alpha value is -1.62. The third-order valence-corrected chi connectivity index (χ3v) is 5.09. The van der Waals surface area contributed by atoms with Crippen LogP contribution in [0.5, 0.6) is 0 Å². The third-order valence-electron chi connectivity index (χ3n) is 2.50. The van der Waals surface area contributed by atoms with Crippen molar-refractivity contribution in [2.45, 2.75) is 0 Å². The summed E-state index contributed by atoms with van der Waals surface area (Å²) in [4.78, 5) is 0. The molecule has 22 heavy (non-hydrogen) atoms. The summed E-state index contributed by atoms with van der Waals surface area (Å²) >= 11 is 0. The minimum absolute atomic E-state index is 0.511. The lowest BCUT2D eigenvalue weighted by Gasteiger charge is -2.05. The molecule has 0 N–H and O–H groups in total. The van der Waals surface area contributed by atoms with Crippen LogP contribution in [0.2, 0.25) is 0 Å². The minimum Gasteiger partial charge on any atom is -0.189 e. The first kappa shape index (κ1) is 18.4. The van der Waals surface area contributed by atoms with Crippen molar-refractivity contribution < 1.29 is 16.8 Å². The van der Waals surface area contributed by atoms with Crippen molar-refractivity contribution in [2.75, 3.05) is 28.2 Å². The fourth-order valence-electron chi connectivity index (χ4n) is 1.16. The molecule has 0 aliphatic rings. The van der Waals surface area contributed by atoms with Gasteiger partial charge in [-0.15, -0.1) is 0 Å². The van der Waals surface area contributed by atoms with Crippen LogP contribution >= 0.6 is 0 Å². The summed E-state index contributed by atoms with van der Waals surface area (Å²) in [5, 5.41) is 0. The zero-order valence-electron chi connectivity index (χ0n) is 12.7. The first-order valence-corrected chi connectivity index (χ1v) is 8.89. The molecular weight excluding hydrogens is 328 g/mol. The van der Waals surface area contributed by atoms with Gasteiger partial charge in [0, 0.05) is 40.6 Å². The highest BCUT2D eigenvalue weighted by atomic mass is 32.2. The summed E-state index contributed by atoms with van der Waals surface area (Å²) < 4.78 is 55.1. The van der Waals surface area contributed by atoms with Gasteiger partial charge in [-0.1, -0.05) is 18.2 Å². The summed E-state index contributed by atoms with van der Waals surface area (Å²) in [5.74, 6) is 0. The predicted molar refractivity (Wildman–Crippen MR) is 86.8 cm³/mol. The van der Waals surface area contributed by atoms with Gasteiger partial charge in [0.05, 0.1) is 0 Å². The summed E-state index contributed by atoms with van der Waals surface area (Å²) in [6.45, 7) is 0. The Morgan fingerprint density at radius 1 is 0.818 bits per heavy atom. The molecule has 0 fully saturated rings. The van der Waals surface area contributed by atoms with Crippen LogP contribution in [0.15, 0.2) is 33.1 Å². The molecule has 8 nitrogen and oxygen atoms in total. The zero-order valence-corrected chi connectivity index (χ0v) is 14.3. The largest absolute Gasteiger partial charge is 0.321 e. The predicted octanol–water partition coefficient (Wildman–Crippen LogP) is 0.137. The van der Waals surface area contributed by atoms with Crippen molar-refractivity contribution >= 4 is 32.8 Å². The van der Waals surface area contributed by atoms with Crippen LogP contribution in [0.25, 0.3) is 0 Å². The van der Waals surface area contributed by atoms with Gasteiger partial charge in [0.25, 0.3) is 0 Å². The van der Waals surface area contributed by atoms with Gasteiger partial charge in [-0.2, -0.15) is 34.2 Å². The lowest BCUT2D eigenvalue weighted by molar-refractivity contribution is 0.522. The van der Waals surface area contributed by atoms with Gasteiger partial charge in [-0.05, 0) is 17.2 Å². The Kier molecular flexibility index (Phi) is 5.94. The minimum atomic E-state index is -3.69. The van der Waals surface area contributed by atoms with Gasteiger partial charge in [-0.3, -0.25) is 0 Å². The monoisotopic (exact) mass is 346 g/mol. The van der Waals surface area contributed by atoms with E-state index >= 15 is 0 Å². The molecule has 0 aliphatic carbocycles. The molecule has 1 rings (SSSR count). The number of rotatable bonds is 6. The molecule has 0 bridgehead atoms. The summed E-state index contributed by atoms with van der Waals surface area (Å²) in [6.07, 6.45) is 2.38. The van der Waals surface area contributed by atoms with E-state index in [-0.39, 0.29) is 0 Å².